The van der Waals surface area contributed by atoms with Gasteiger partial charge in [-0.1, -0.05) is 26.2 Å². The largest absolute Gasteiger partial charge is 0.496 e. The molecule has 0 saturated heterocycles. The van der Waals surface area contributed by atoms with Crippen molar-refractivity contribution in [1.82, 2.24) is 0 Å². The summed E-state index contributed by atoms with van der Waals surface area (Å²) in [7, 11) is 1.42. The van der Waals surface area contributed by atoms with Crippen LogP contribution in [0.25, 0.3) is 0 Å². The first kappa shape index (κ1) is 16.3. The van der Waals surface area contributed by atoms with Gasteiger partial charge in [-0.3, -0.25) is 4.79 Å². The van der Waals surface area contributed by atoms with Crippen LogP contribution in [0.1, 0.15) is 55.8 Å². The highest BCUT2D eigenvalue weighted by molar-refractivity contribution is 5.97. The van der Waals surface area contributed by atoms with Gasteiger partial charge in [0.15, 0.2) is 0 Å². The summed E-state index contributed by atoms with van der Waals surface area (Å²) in [6.45, 7) is 2.05. The van der Waals surface area contributed by atoms with Crippen molar-refractivity contribution >= 4 is 17.6 Å². The van der Waals surface area contributed by atoms with E-state index in [0.29, 0.717) is 5.69 Å². The molecule has 0 heterocycles. The van der Waals surface area contributed by atoms with E-state index in [9.17, 15) is 9.59 Å². The minimum Gasteiger partial charge on any atom is -0.496 e. The van der Waals surface area contributed by atoms with E-state index in [1.54, 1.807) is 12.1 Å². The summed E-state index contributed by atoms with van der Waals surface area (Å²) in [5, 5.41) is 12.0. The number of rotatable bonds is 5. The van der Waals surface area contributed by atoms with Crippen molar-refractivity contribution < 1.29 is 19.4 Å². The maximum Gasteiger partial charge on any atom is 0.339 e. The number of amides is 1. The van der Waals surface area contributed by atoms with Crippen LogP contribution >= 0.6 is 0 Å². The number of ether oxygens (including phenoxy) is 1. The zero-order valence-electron chi connectivity index (χ0n) is 13.1. The molecule has 2 rings (SSSR count). The Bertz CT molecular complexity index is 562. The predicted molar refractivity (Wildman–Crippen MR) is 84.4 cm³/mol. The first-order valence-corrected chi connectivity index (χ1v) is 7.75. The third-order valence-corrected chi connectivity index (χ3v) is 4.66. The zero-order chi connectivity index (χ0) is 16.2. The highest BCUT2D eigenvalue weighted by Gasteiger charge is 2.37. The van der Waals surface area contributed by atoms with Gasteiger partial charge in [0.2, 0.25) is 5.91 Å². The van der Waals surface area contributed by atoms with Crippen molar-refractivity contribution in [3.63, 3.8) is 0 Å². The molecule has 1 aromatic carbocycles. The molecule has 1 saturated carbocycles. The monoisotopic (exact) mass is 305 g/mol. The molecule has 22 heavy (non-hydrogen) atoms. The molecule has 120 valence electrons. The minimum absolute atomic E-state index is 0.0276. The van der Waals surface area contributed by atoms with E-state index in [1.807, 2.05) is 0 Å². The van der Waals surface area contributed by atoms with Crippen LogP contribution in [0.15, 0.2) is 18.2 Å². The van der Waals surface area contributed by atoms with Crippen molar-refractivity contribution in [2.24, 2.45) is 5.41 Å². The second-order valence-corrected chi connectivity index (χ2v) is 5.87. The number of carboxylic acids is 1. The Morgan fingerprint density at radius 1 is 1.27 bits per heavy atom. The number of anilines is 1. The maximum atomic E-state index is 12.7. The molecule has 1 aliphatic carbocycles. The van der Waals surface area contributed by atoms with E-state index in [2.05, 4.69) is 12.2 Å². The molecule has 5 nitrogen and oxygen atoms in total. The molecule has 0 aromatic heterocycles. The Balaban J connectivity index is 2.19. The van der Waals surface area contributed by atoms with Gasteiger partial charge in [-0.25, -0.2) is 4.79 Å². The highest BCUT2D eigenvalue weighted by Crippen LogP contribution is 2.40. The molecule has 5 heteroatoms. The number of aromatic carboxylic acids is 1. The standard InChI is InChI=1S/C17H23NO4/c1-3-17(9-5-4-6-10-17)16(21)18-12-7-8-13(15(19)20)14(11-12)22-2/h7-8,11H,3-6,9-10H2,1-2H3,(H,18,21)(H,19,20). The molecular formula is C17H23NO4. The second kappa shape index (κ2) is 6.81. The van der Waals surface area contributed by atoms with Gasteiger partial charge in [-0.05, 0) is 31.4 Å². The number of carbonyl (C=O) groups is 2. The third-order valence-electron chi connectivity index (χ3n) is 4.66. The van der Waals surface area contributed by atoms with E-state index in [1.165, 1.54) is 19.6 Å². The van der Waals surface area contributed by atoms with E-state index < -0.39 is 5.97 Å². The van der Waals surface area contributed by atoms with Crippen molar-refractivity contribution in [1.29, 1.82) is 0 Å². The van der Waals surface area contributed by atoms with E-state index >= 15 is 0 Å². The summed E-state index contributed by atoms with van der Waals surface area (Å²) < 4.78 is 5.09. The average molecular weight is 305 g/mol. The smallest absolute Gasteiger partial charge is 0.339 e. The lowest BCUT2D eigenvalue weighted by molar-refractivity contribution is -0.127. The summed E-state index contributed by atoms with van der Waals surface area (Å²) in [5.74, 6) is -0.772. The molecule has 0 atom stereocenters. The van der Waals surface area contributed by atoms with Crippen LogP contribution in [0.4, 0.5) is 5.69 Å². The molecular weight excluding hydrogens is 282 g/mol. The molecule has 0 radical (unpaired) electrons. The Hall–Kier alpha value is -2.04. The lowest BCUT2D eigenvalue weighted by Crippen LogP contribution is -2.37. The first-order valence-electron chi connectivity index (χ1n) is 7.75. The van der Waals surface area contributed by atoms with E-state index in [0.717, 1.165) is 32.1 Å². The Kier molecular flexibility index (Phi) is 5.06. The van der Waals surface area contributed by atoms with Crippen LogP contribution < -0.4 is 10.1 Å². The fraction of sp³-hybridized carbons (Fsp3) is 0.529. The van der Waals surface area contributed by atoms with Crippen LogP contribution in [0.3, 0.4) is 0 Å². The minimum atomic E-state index is -1.05. The normalized spacial score (nSPS) is 16.8. The molecule has 0 spiro atoms. The molecule has 1 fully saturated rings. The van der Waals surface area contributed by atoms with Gasteiger partial charge >= 0.3 is 5.97 Å². The summed E-state index contributed by atoms with van der Waals surface area (Å²) in [4.78, 5) is 23.8. The number of carbonyl (C=O) groups excluding carboxylic acids is 1. The van der Waals surface area contributed by atoms with Crippen molar-refractivity contribution in [3.05, 3.63) is 23.8 Å². The Morgan fingerprint density at radius 2 is 1.95 bits per heavy atom. The molecule has 0 unspecified atom stereocenters. The topological polar surface area (TPSA) is 75.6 Å². The fourth-order valence-corrected chi connectivity index (χ4v) is 3.18. The van der Waals surface area contributed by atoms with Gasteiger partial charge < -0.3 is 15.2 Å². The number of hydrogen-bond acceptors (Lipinski definition) is 3. The SMILES string of the molecule is CCC1(C(=O)Nc2ccc(C(=O)O)c(OC)c2)CCCCC1. The molecule has 1 aromatic rings. The Morgan fingerprint density at radius 3 is 2.50 bits per heavy atom. The molecule has 1 aliphatic rings. The van der Waals surface area contributed by atoms with Crippen molar-refractivity contribution in [3.8, 4) is 5.75 Å². The van der Waals surface area contributed by atoms with E-state index in [-0.39, 0.29) is 22.6 Å². The maximum absolute atomic E-state index is 12.7. The van der Waals surface area contributed by atoms with Crippen molar-refractivity contribution in [2.45, 2.75) is 45.4 Å². The number of nitrogens with one attached hydrogen (secondary N) is 1. The number of carboxylic acid groups (broad SMARTS) is 1. The van der Waals surface area contributed by atoms with Gasteiger partial charge in [-0.2, -0.15) is 0 Å². The zero-order valence-corrected chi connectivity index (χ0v) is 13.1. The summed E-state index contributed by atoms with van der Waals surface area (Å²) in [5.41, 5.74) is 0.366. The van der Waals surface area contributed by atoms with Crippen LogP contribution in [0.5, 0.6) is 5.75 Å². The van der Waals surface area contributed by atoms with Gasteiger partial charge in [0.05, 0.1) is 7.11 Å². The quantitative estimate of drug-likeness (QED) is 0.870. The number of methoxy groups -OCH3 is 1. The highest BCUT2D eigenvalue weighted by atomic mass is 16.5. The van der Waals surface area contributed by atoms with Crippen LogP contribution in [0.2, 0.25) is 0 Å². The van der Waals surface area contributed by atoms with Gasteiger partial charge in [0.1, 0.15) is 11.3 Å². The lowest BCUT2D eigenvalue weighted by Gasteiger charge is -2.35. The molecule has 0 bridgehead atoms. The first-order chi connectivity index (χ1) is 10.5. The summed E-state index contributed by atoms with van der Waals surface area (Å²) in [6.07, 6.45) is 6.02. The fourth-order valence-electron chi connectivity index (χ4n) is 3.18. The average Bonchev–Trinajstić information content (AvgIpc) is 2.55. The third kappa shape index (κ3) is 3.24. The van der Waals surface area contributed by atoms with Gasteiger partial charge in [-0.15, -0.1) is 0 Å². The van der Waals surface area contributed by atoms with Crippen LogP contribution in [-0.4, -0.2) is 24.1 Å². The van der Waals surface area contributed by atoms with Crippen LogP contribution in [-0.2, 0) is 4.79 Å². The molecule has 1 amide bonds. The van der Waals surface area contributed by atoms with E-state index in [4.69, 9.17) is 9.84 Å². The van der Waals surface area contributed by atoms with Gasteiger partial charge in [0.25, 0.3) is 0 Å². The Labute approximate surface area is 130 Å². The number of hydrogen-bond donors (Lipinski definition) is 2. The summed E-state index contributed by atoms with van der Waals surface area (Å²) in [6, 6.07) is 4.62. The van der Waals surface area contributed by atoms with Gasteiger partial charge in [0, 0.05) is 17.2 Å². The summed E-state index contributed by atoms with van der Waals surface area (Å²) >= 11 is 0. The van der Waals surface area contributed by atoms with Crippen LogP contribution in [0, 0.1) is 5.41 Å². The lowest BCUT2D eigenvalue weighted by atomic mass is 9.71. The molecule has 0 aliphatic heterocycles. The van der Waals surface area contributed by atoms with Crippen molar-refractivity contribution in [2.75, 3.05) is 12.4 Å². The predicted octanol–water partition coefficient (Wildman–Crippen LogP) is 3.69. The molecule has 2 N–H and O–H groups in total. The second-order valence-electron chi connectivity index (χ2n) is 5.87. The number of benzene rings is 1.